The Morgan fingerprint density at radius 2 is 2.05 bits per heavy atom. The van der Waals surface area contributed by atoms with E-state index in [1.54, 1.807) is 6.20 Å². The zero-order valence-corrected chi connectivity index (χ0v) is 14.2. The van der Waals surface area contributed by atoms with Gasteiger partial charge in [0.25, 0.3) is 0 Å². The number of imidazole rings is 1. The molecule has 0 aliphatic carbocycles. The summed E-state index contributed by atoms with van der Waals surface area (Å²) in [5, 5.41) is 0.190. The Bertz CT molecular complexity index is 570. The van der Waals surface area contributed by atoms with Crippen LogP contribution in [0, 0.1) is 0 Å². The Morgan fingerprint density at radius 3 is 2.57 bits per heavy atom. The lowest BCUT2D eigenvalue weighted by molar-refractivity contribution is 0.0304. The van der Waals surface area contributed by atoms with Crippen LogP contribution in [0.25, 0.3) is 0 Å². The molecule has 0 aromatic carbocycles. The van der Waals surface area contributed by atoms with Gasteiger partial charge < -0.3 is 9.30 Å². The number of aromatic nitrogens is 2. The molecule has 1 aromatic heterocycles. The highest BCUT2D eigenvalue weighted by Gasteiger charge is 2.29. The highest BCUT2D eigenvalue weighted by molar-refractivity contribution is 7.91. The van der Waals surface area contributed by atoms with E-state index in [9.17, 15) is 8.42 Å². The second-order valence-electron chi connectivity index (χ2n) is 6.35. The van der Waals surface area contributed by atoms with Crippen molar-refractivity contribution in [3.8, 4) is 0 Å². The van der Waals surface area contributed by atoms with E-state index >= 15 is 0 Å². The third-order valence-electron chi connectivity index (χ3n) is 3.86. The molecule has 120 valence electrons. The van der Waals surface area contributed by atoms with Crippen LogP contribution in [0.1, 0.15) is 64.6 Å². The number of sulfone groups is 1. The molecule has 0 amide bonds. The monoisotopic (exact) mass is 314 g/mol. The normalized spacial score (nSPS) is 20.4. The maximum Gasteiger partial charge on any atom is 0.228 e. The largest absolute Gasteiger partial charge is 0.377 e. The summed E-state index contributed by atoms with van der Waals surface area (Å²) in [4.78, 5) is 4.22. The van der Waals surface area contributed by atoms with Crippen molar-refractivity contribution in [2.24, 2.45) is 0 Å². The molecular formula is C15H26N2O3S. The zero-order chi connectivity index (χ0) is 15.6. The van der Waals surface area contributed by atoms with E-state index in [4.69, 9.17) is 4.74 Å². The first-order valence-corrected chi connectivity index (χ1v) is 9.39. The number of nitrogens with zero attached hydrogens (tertiary/aromatic N) is 2. The Kier molecular flexibility index (Phi) is 5.09. The molecule has 1 aromatic rings. The van der Waals surface area contributed by atoms with E-state index in [0.29, 0.717) is 6.61 Å². The van der Waals surface area contributed by atoms with Crippen LogP contribution in [-0.2, 0) is 14.6 Å². The molecule has 1 atom stereocenters. The van der Waals surface area contributed by atoms with Gasteiger partial charge in [0.1, 0.15) is 0 Å². The van der Waals surface area contributed by atoms with Crippen LogP contribution in [0.5, 0.6) is 0 Å². The van der Waals surface area contributed by atoms with Crippen molar-refractivity contribution in [3.63, 3.8) is 0 Å². The minimum Gasteiger partial charge on any atom is -0.377 e. The Balaban J connectivity index is 2.31. The topological polar surface area (TPSA) is 61.2 Å². The highest BCUT2D eigenvalue weighted by Crippen LogP contribution is 2.26. The Morgan fingerprint density at radius 1 is 1.33 bits per heavy atom. The number of hydrogen-bond acceptors (Lipinski definition) is 4. The molecule has 0 N–H and O–H groups in total. The molecule has 0 radical (unpaired) electrons. The molecule has 2 heterocycles. The first-order chi connectivity index (χ1) is 9.83. The summed E-state index contributed by atoms with van der Waals surface area (Å²) in [6.45, 7) is 8.75. The summed E-state index contributed by atoms with van der Waals surface area (Å²) in [6.07, 6.45) is 4.38. The predicted molar refractivity (Wildman–Crippen MR) is 82.3 cm³/mol. The first-order valence-electron chi connectivity index (χ1n) is 7.74. The SMILES string of the molecule is CC(C)c1cnc(S(=O)(=O)C[C@H]2CCCCO2)n1C(C)C. The third kappa shape index (κ3) is 3.66. The number of ether oxygens (including phenoxy) is 1. The highest BCUT2D eigenvalue weighted by atomic mass is 32.2. The fraction of sp³-hybridized carbons (Fsp3) is 0.800. The van der Waals surface area contributed by atoms with Gasteiger partial charge in [-0.15, -0.1) is 0 Å². The smallest absolute Gasteiger partial charge is 0.228 e. The molecule has 6 heteroatoms. The summed E-state index contributed by atoms with van der Waals surface area (Å²) in [5.74, 6) is 0.281. The van der Waals surface area contributed by atoms with E-state index in [2.05, 4.69) is 18.8 Å². The van der Waals surface area contributed by atoms with Crippen molar-refractivity contribution in [3.05, 3.63) is 11.9 Å². The molecule has 21 heavy (non-hydrogen) atoms. The second kappa shape index (κ2) is 6.48. The van der Waals surface area contributed by atoms with Crippen LogP contribution in [0.4, 0.5) is 0 Å². The predicted octanol–water partition coefficient (Wildman–Crippen LogP) is 2.93. The molecule has 1 saturated heterocycles. The summed E-state index contributed by atoms with van der Waals surface area (Å²) in [5.41, 5.74) is 0.966. The van der Waals surface area contributed by atoms with Crippen molar-refractivity contribution < 1.29 is 13.2 Å². The lowest BCUT2D eigenvalue weighted by atomic mass is 10.1. The molecule has 1 aliphatic rings. The van der Waals surface area contributed by atoms with Crippen molar-refractivity contribution in [2.45, 2.75) is 70.2 Å². The molecule has 0 bridgehead atoms. The average Bonchev–Trinajstić information content (AvgIpc) is 2.85. The van der Waals surface area contributed by atoms with Gasteiger partial charge in [-0.1, -0.05) is 13.8 Å². The van der Waals surface area contributed by atoms with Gasteiger partial charge in [-0.3, -0.25) is 0 Å². The van der Waals surface area contributed by atoms with Gasteiger partial charge in [0.2, 0.25) is 15.0 Å². The fourth-order valence-electron chi connectivity index (χ4n) is 2.79. The van der Waals surface area contributed by atoms with Gasteiger partial charge >= 0.3 is 0 Å². The van der Waals surface area contributed by atoms with Gasteiger partial charge in [0.15, 0.2) is 0 Å². The van der Waals surface area contributed by atoms with Crippen LogP contribution in [0.2, 0.25) is 0 Å². The van der Waals surface area contributed by atoms with Crippen molar-refractivity contribution >= 4 is 9.84 Å². The lowest BCUT2D eigenvalue weighted by Gasteiger charge is -2.23. The van der Waals surface area contributed by atoms with Crippen LogP contribution < -0.4 is 0 Å². The molecule has 0 unspecified atom stereocenters. The van der Waals surface area contributed by atoms with Crippen LogP contribution >= 0.6 is 0 Å². The minimum absolute atomic E-state index is 0.0360. The molecule has 2 rings (SSSR count). The Hall–Kier alpha value is -0.880. The van der Waals surface area contributed by atoms with Gasteiger partial charge in [-0.25, -0.2) is 13.4 Å². The minimum atomic E-state index is -3.42. The van der Waals surface area contributed by atoms with E-state index in [-0.39, 0.29) is 29.0 Å². The summed E-state index contributed by atoms with van der Waals surface area (Å²) in [6, 6.07) is 0.0712. The number of hydrogen-bond donors (Lipinski definition) is 0. The molecule has 0 spiro atoms. The van der Waals surface area contributed by atoms with Crippen molar-refractivity contribution in [1.82, 2.24) is 9.55 Å². The molecule has 1 fully saturated rings. The maximum absolute atomic E-state index is 12.7. The van der Waals surface area contributed by atoms with E-state index in [1.165, 1.54) is 0 Å². The second-order valence-corrected chi connectivity index (χ2v) is 8.28. The lowest BCUT2D eigenvalue weighted by Crippen LogP contribution is -2.29. The summed E-state index contributed by atoms with van der Waals surface area (Å²) in [7, 11) is -3.42. The molecule has 0 saturated carbocycles. The average molecular weight is 314 g/mol. The standard InChI is InChI=1S/C15H26N2O3S/c1-11(2)14-9-16-15(17(14)12(3)4)21(18,19)10-13-7-5-6-8-20-13/h9,11-13H,5-8,10H2,1-4H3/t13-/m1/s1. The molecule has 5 nitrogen and oxygen atoms in total. The summed E-state index contributed by atoms with van der Waals surface area (Å²) >= 11 is 0. The van der Waals surface area contributed by atoms with E-state index in [0.717, 1.165) is 25.0 Å². The van der Waals surface area contributed by atoms with Gasteiger partial charge in [-0.2, -0.15) is 0 Å². The Labute approximate surface area is 127 Å². The van der Waals surface area contributed by atoms with Gasteiger partial charge in [-0.05, 0) is 39.0 Å². The van der Waals surface area contributed by atoms with Crippen molar-refractivity contribution in [1.29, 1.82) is 0 Å². The van der Waals surface area contributed by atoms with Crippen molar-refractivity contribution in [2.75, 3.05) is 12.4 Å². The quantitative estimate of drug-likeness (QED) is 0.838. The van der Waals surface area contributed by atoms with Crippen LogP contribution in [0.3, 0.4) is 0 Å². The first kappa shape index (κ1) is 16.5. The maximum atomic E-state index is 12.7. The third-order valence-corrected chi connectivity index (χ3v) is 5.53. The zero-order valence-electron chi connectivity index (χ0n) is 13.4. The van der Waals surface area contributed by atoms with Crippen LogP contribution in [-0.4, -0.2) is 36.4 Å². The number of rotatable bonds is 5. The summed E-state index contributed by atoms with van der Waals surface area (Å²) < 4.78 is 32.8. The van der Waals surface area contributed by atoms with E-state index in [1.807, 2.05) is 18.4 Å². The molecular weight excluding hydrogens is 288 g/mol. The fourth-order valence-corrected chi connectivity index (χ4v) is 4.52. The van der Waals surface area contributed by atoms with E-state index < -0.39 is 9.84 Å². The van der Waals surface area contributed by atoms with Gasteiger partial charge in [0.05, 0.1) is 11.9 Å². The van der Waals surface area contributed by atoms with Gasteiger partial charge in [0, 0.05) is 24.5 Å². The molecule has 1 aliphatic heterocycles. The van der Waals surface area contributed by atoms with Crippen LogP contribution in [0.15, 0.2) is 11.4 Å².